The topological polar surface area (TPSA) is 89.3 Å². The quantitative estimate of drug-likeness (QED) is 0.377. The third kappa shape index (κ3) is 4.28. The second-order valence-corrected chi connectivity index (χ2v) is 7.82. The maximum atomic E-state index is 14.6. The number of carboxylic acids is 1. The SMILES string of the molecule is CCc1cc(-c2cc(NCCn3c(C)cc4c(OC)ccc(F)c43)ncn2)cc(F)c1C(=O)O. The van der Waals surface area contributed by atoms with Crippen LogP contribution in [0, 0.1) is 18.6 Å². The maximum absolute atomic E-state index is 14.6. The Hall–Kier alpha value is -4.01. The van der Waals surface area contributed by atoms with Gasteiger partial charge in [-0.15, -0.1) is 0 Å². The smallest absolute Gasteiger partial charge is 0.338 e. The molecular weight excluding hydrogens is 442 g/mol. The summed E-state index contributed by atoms with van der Waals surface area (Å²) in [6, 6.07) is 9.35. The van der Waals surface area contributed by atoms with Gasteiger partial charge in [-0.25, -0.2) is 23.5 Å². The van der Waals surface area contributed by atoms with E-state index < -0.39 is 11.8 Å². The number of halogens is 2. The second-order valence-electron chi connectivity index (χ2n) is 7.82. The zero-order valence-corrected chi connectivity index (χ0v) is 19.0. The predicted octanol–water partition coefficient (Wildman–Crippen LogP) is 5.07. The monoisotopic (exact) mass is 466 g/mol. The Morgan fingerprint density at radius 1 is 1.15 bits per heavy atom. The lowest BCUT2D eigenvalue weighted by atomic mass is 9.99. The highest BCUT2D eigenvalue weighted by atomic mass is 19.1. The van der Waals surface area contributed by atoms with Crippen molar-refractivity contribution in [3.63, 3.8) is 0 Å². The third-order valence-electron chi connectivity index (χ3n) is 5.77. The van der Waals surface area contributed by atoms with Crippen molar-refractivity contribution in [1.29, 1.82) is 0 Å². The average molecular weight is 466 g/mol. The van der Waals surface area contributed by atoms with Crippen molar-refractivity contribution in [3.05, 3.63) is 71.2 Å². The fraction of sp³-hybridized carbons (Fsp3) is 0.240. The van der Waals surface area contributed by atoms with Crippen molar-refractivity contribution in [1.82, 2.24) is 14.5 Å². The number of ether oxygens (including phenoxy) is 1. The minimum Gasteiger partial charge on any atom is -0.496 e. The largest absolute Gasteiger partial charge is 0.496 e. The van der Waals surface area contributed by atoms with E-state index in [-0.39, 0.29) is 11.4 Å². The van der Waals surface area contributed by atoms with Gasteiger partial charge in [-0.05, 0) is 49.2 Å². The van der Waals surface area contributed by atoms with E-state index in [4.69, 9.17) is 4.74 Å². The number of rotatable bonds is 8. The number of aryl methyl sites for hydroxylation is 2. The number of nitrogens with zero attached hydrogens (tertiary/aromatic N) is 3. The first-order chi connectivity index (χ1) is 16.3. The molecule has 7 nitrogen and oxygen atoms in total. The predicted molar refractivity (Wildman–Crippen MR) is 125 cm³/mol. The molecule has 0 unspecified atom stereocenters. The van der Waals surface area contributed by atoms with E-state index in [9.17, 15) is 18.7 Å². The number of aromatic carboxylic acids is 1. The van der Waals surface area contributed by atoms with Crippen molar-refractivity contribution in [3.8, 4) is 17.0 Å². The summed E-state index contributed by atoms with van der Waals surface area (Å²) in [6.07, 6.45) is 1.72. The number of methoxy groups -OCH3 is 1. The van der Waals surface area contributed by atoms with Gasteiger partial charge in [0.25, 0.3) is 0 Å². The van der Waals surface area contributed by atoms with Crippen LogP contribution in [0.1, 0.15) is 28.5 Å². The molecule has 4 rings (SSSR count). The molecule has 2 aromatic carbocycles. The number of nitrogens with one attached hydrogen (secondary N) is 1. The highest BCUT2D eigenvalue weighted by molar-refractivity contribution is 5.91. The van der Waals surface area contributed by atoms with Gasteiger partial charge in [0.2, 0.25) is 0 Å². The normalized spacial score (nSPS) is 11.1. The van der Waals surface area contributed by atoms with Crippen molar-refractivity contribution in [2.75, 3.05) is 19.0 Å². The molecule has 0 spiro atoms. The van der Waals surface area contributed by atoms with Crippen LogP contribution in [-0.4, -0.2) is 39.3 Å². The van der Waals surface area contributed by atoms with Gasteiger partial charge in [0.1, 0.15) is 29.5 Å². The van der Waals surface area contributed by atoms with E-state index in [0.717, 1.165) is 5.69 Å². The molecule has 0 aliphatic carbocycles. The first kappa shape index (κ1) is 23.2. The Labute approximate surface area is 195 Å². The number of hydrogen-bond acceptors (Lipinski definition) is 5. The van der Waals surface area contributed by atoms with Crippen LogP contribution in [-0.2, 0) is 13.0 Å². The van der Waals surface area contributed by atoms with Gasteiger partial charge in [-0.3, -0.25) is 0 Å². The summed E-state index contributed by atoms with van der Waals surface area (Å²) in [7, 11) is 1.55. The molecule has 0 amide bonds. The highest BCUT2D eigenvalue weighted by Gasteiger charge is 2.18. The lowest BCUT2D eigenvalue weighted by Crippen LogP contribution is -2.13. The third-order valence-corrected chi connectivity index (χ3v) is 5.77. The van der Waals surface area contributed by atoms with Crippen molar-refractivity contribution >= 4 is 22.7 Å². The number of benzene rings is 2. The zero-order chi connectivity index (χ0) is 24.4. The van der Waals surface area contributed by atoms with Crippen LogP contribution < -0.4 is 10.1 Å². The van der Waals surface area contributed by atoms with Gasteiger partial charge in [-0.1, -0.05) is 6.92 Å². The second kappa shape index (κ2) is 9.46. The molecule has 34 heavy (non-hydrogen) atoms. The lowest BCUT2D eigenvalue weighted by molar-refractivity contribution is 0.0690. The van der Waals surface area contributed by atoms with Crippen molar-refractivity contribution in [2.24, 2.45) is 0 Å². The van der Waals surface area contributed by atoms with Crippen molar-refractivity contribution < 1.29 is 23.4 Å². The average Bonchev–Trinajstić information content (AvgIpc) is 3.15. The minimum absolute atomic E-state index is 0.322. The molecule has 9 heteroatoms. The molecule has 0 radical (unpaired) electrons. The Balaban J connectivity index is 1.56. The van der Waals surface area contributed by atoms with E-state index in [1.807, 2.05) is 17.6 Å². The van der Waals surface area contributed by atoms with E-state index >= 15 is 0 Å². The fourth-order valence-electron chi connectivity index (χ4n) is 4.14. The summed E-state index contributed by atoms with van der Waals surface area (Å²) in [5.74, 6) is -1.31. The van der Waals surface area contributed by atoms with Gasteiger partial charge in [0.05, 0.1) is 23.9 Å². The van der Waals surface area contributed by atoms with Crippen LogP contribution in [0.15, 0.2) is 42.7 Å². The summed E-state index contributed by atoms with van der Waals surface area (Å²) < 4.78 is 36.2. The molecule has 176 valence electrons. The van der Waals surface area contributed by atoms with Gasteiger partial charge < -0.3 is 19.7 Å². The van der Waals surface area contributed by atoms with Gasteiger partial charge in [0.15, 0.2) is 0 Å². The molecule has 2 aromatic heterocycles. The van der Waals surface area contributed by atoms with Crippen LogP contribution >= 0.6 is 0 Å². The Kier molecular flexibility index (Phi) is 6.45. The van der Waals surface area contributed by atoms with E-state index in [2.05, 4.69) is 15.3 Å². The molecule has 4 aromatic rings. The number of fused-ring (bicyclic) bond motifs is 1. The van der Waals surface area contributed by atoms with Crippen LogP contribution in [0.4, 0.5) is 14.6 Å². The van der Waals surface area contributed by atoms with Gasteiger partial charge >= 0.3 is 5.97 Å². The first-order valence-electron chi connectivity index (χ1n) is 10.8. The fourth-order valence-corrected chi connectivity index (χ4v) is 4.14. The maximum Gasteiger partial charge on any atom is 0.338 e. The molecule has 0 aliphatic heterocycles. The van der Waals surface area contributed by atoms with Crippen LogP contribution in [0.25, 0.3) is 22.2 Å². The van der Waals surface area contributed by atoms with E-state index in [1.165, 1.54) is 18.5 Å². The number of carboxylic acid groups (broad SMARTS) is 1. The molecular formula is C25H24F2N4O3. The molecule has 0 saturated heterocycles. The Morgan fingerprint density at radius 3 is 2.65 bits per heavy atom. The highest BCUT2D eigenvalue weighted by Crippen LogP contribution is 2.31. The number of aromatic nitrogens is 3. The summed E-state index contributed by atoms with van der Waals surface area (Å²) in [5, 5.41) is 13.2. The molecule has 0 aliphatic rings. The van der Waals surface area contributed by atoms with Gasteiger partial charge in [0, 0.05) is 35.8 Å². The van der Waals surface area contributed by atoms with E-state index in [1.54, 1.807) is 32.2 Å². The number of hydrogen-bond donors (Lipinski definition) is 2. The number of carbonyl (C=O) groups is 1. The van der Waals surface area contributed by atoms with Crippen LogP contribution in [0.2, 0.25) is 0 Å². The molecule has 0 fully saturated rings. The standard InChI is InChI=1S/C25H24F2N4O3/c1-4-15-10-16(11-19(27)23(15)25(32)33)20-12-22(30-13-29-20)28-7-8-31-14(2)9-17-21(34-3)6-5-18(26)24(17)31/h5-6,9-13H,4,7-8H2,1-3H3,(H,32,33)(H,28,29,30). The van der Waals surface area contributed by atoms with Crippen LogP contribution in [0.5, 0.6) is 5.75 Å². The lowest BCUT2D eigenvalue weighted by Gasteiger charge is -2.12. The first-order valence-corrected chi connectivity index (χ1v) is 10.8. The number of anilines is 1. The summed E-state index contributed by atoms with van der Waals surface area (Å²) >= 11 is 0. The molecule has 0 atom stereocenters. The van der Waals surface area contributed by atoms with Gasteiger partial charge in [-0.2, -0.15) is 0 Å². The molecule has 2 N–H and O–H groups in total. The minimum atomic E-state index is -1.30. The van der Waals surface area contributed by atoms with Crippen molar-refractivity contribution in [2.45, 2.75) is 26.8 Å². The van der Waals surface area contributed by atoms with Crippen LogP contribution in [0.3, 0.4) is 0 Å². The zero-order valence-electron chi connectivity index (χ0n) is 19.0. The summed E-state index contributed by atoms with van der Waals surface area (Å²) in [6.45, 7) is 4.59. The molecule has 2 heterocycles. The Bertz CT molecular complexity index is 1380. The Morgan fingerprint density at radius 2 is 1.94 bits per heavy atom. The molecule has 0 bridgehead atoms. The molecule has 0 saturated carbocycles. The van der Waals surface area contributed by atoms with E-state index in [0.29, 0.717) is 58.8 Å². The summed E-state index contributed by atoms with van der Waals surface area (Å²) in [5.41, 5.74) is 2.36. The summed E-state index contributed by atoms with van der Waals surface area (Å²) in [4.78, 5) is 19.8.